The van der Waals surface area contributed by atoms with Crippen molar-refractivity contribution in [3.8, 4) is 6.07 Å². The highest BCUT2D eigenvalue weighted by molar-refractivity contribution is 7.89. The third-order valence-corrected chi connectivity index (χ3v) is 4.67. The van der Waals surface area contributed by atoms with Gasteiger partial charge in [0.05, 0.1) is 23.1 Å². The average Bonchev–Trinajstić information content (AvgIpc) is 2.82. The maximum atomic E-state index is 12.0. The van der Waals surface area contributed by atoms with Crippen molar-refractivity contribution in [2.24, 2.45) is 0 Å². The molecular formula is C12H11N3O2S2. The number of thiazole rings is 1. The lowest BCUT2D eigenvalue weighted by Crippen LogP contribution is -2.23. The number of benzene rings is 1. The van der Waals surface area contributed by atoms with Gasteiger partial charge in [-0.3, -0.25) is 0 Å². The Balaban J connectivity index is 2.16. The largest absolute Gasteiger partial charge is 0.248 e. The fraction of sp³-hybridized carbons (Fsp3) is 0.167. The number of nitrogens with one attached hydrogen (secondary N) is 1. The Kier molecular flexibility index (Phi) is 3.95. The molecule has 0 atom stereocenters. The van der Waals surface area contributed by atoms with Gasteiger partial charge >= 0.3 is 0 Å². The Labute approximate surface area is 115 Å². The molecule has 98 valence electrons. The summed E-state index contributed by atoms with van der Waals surface area (Å²) < 4.78 is 26.5. The lowest BCUT2D eigenvalue weighted by molar-refractivity contribution is 0.581. The monoisotopic (exact) mass is 293 g/mol. The van der Waals surface area contributed by atoms with Crippen LogP contribution in [0.25, 0.3) is 0 Å². The van der Waals surface area contributed by atoms with E-state index in [4.69, 9.17) is 5.26 Å². The summed E-state index contributed by atoms with van der Waals surface area (Å²) in [5, 5.41) is 9.47. The molecule has 1 heterocycles. The van der Waals surface area contributed by atoms with Crippen molar-refractivity contribution in [3.63, 3.8) is 0 Å². The van der Waals surface area contributed by atoms with Crippen molar-refractivity contribution in [1.82, 2.24) is 9.71 Å². The molecule has 0 saturated heterocycles. The standard InChI is InChI=1S/C12H11N3O2S2/c1-9-7-14-12(18-9)8-15-19(16,17)11-4-2-3-10(5-11)6-13/h2-5,7,15H,8H2,1H3. The molecule has 0 aliphatic carbocycles. The van der Waals surface area contributed by atoms with Gasteiger partial charge in [-0.05, 0) is 25.1 Å². The van der Waals surface area contributed by atoms with Gasteiger partial charge in [0, 0.05) is 11.1 Å². The molecule has 2 aromatic rings. The van der Waals surface area contributed by atoms with E-state index in [1.54, 1.807) is 18.3 Å². The van der Waals surface area contributed by atoms with Crippen LogP contribution in [0.2, 0.25) is 0 Å². The quantitative estimate of drug-likeness (QED) is 0.931. The van der Waals surface area contributed by atoms with E-state index in [0.29, 0.717) is 10.6 Å². The number of aryl methyl sites for hydroxylation is 1. The Bertz CT molecular complexity index is 729. The molecule has 0 bridgehead atoms. The molecular weight excluding hydrogens is 282 g/mol. The summed E-state index contributed by atoms with van der Waals surface area (Å²) in [5.74, 6) is 0. The summed E-state index contributed by atoms with van der Waals surface area (Å²) in [7, 11) is -3.62. The van der Waals surface area contributed by atoms with Crippen LogP contribution in [0.4, 0.5) is 0 Å². The van der Waals surface area contributed by atoms with Gasteiger partial charge in [-0.2, -0.15) is 5.26 Å². The van der Waals surface area contributed by atoms with Crippen LogP contribution >= 0.6 is 11.3 Å². The minimum absolute atomic E-state index is 0.0832. The molecule has 0 fully saturated rings. The molecule has 0 saturated carbocycles. The van der Waals surface area contributed by atoms with Crippen LogP contribution in [-0.2, 0) is 16.6 Å². The molecule has 1 aromatic carbocycles. The maximum absolute atomic E-state index is 12.0. The van der Waals surface area contributed by atoms with Crippen LogP contribution < -0.4 is 4.72 Å². The molecule has 0 radical (unpaired) electrons. The summed E-state index contributed by atoms with van der Waals surface area (Å²) in [6.45, 7) is 2.06. The molecule has 0 amide bonds. The molecule has 1 aromatic heterocycles. The fourth-order valence-electron chi connectivity index (χ4n) is 1.46. The topological polar surface area (TPSA) is 82.8 Å². The second-order valence-corrected chi connectivity index (χ2v) is 6.92. The highest BCUT2D eigenvalue weighted by atomic mass is 32.2. The van der Waals surface area contributed by atoms with Gasteiger partial charge in [0.2, 0.25) is 10.0 Å². The first-order valence-electron chi connectivity index (χ1n) is 5.42. The predicted molar refractivity (Wildman–Crippen MR) is 72.0 cm³/mol. The van der Waals surface area contributed by atoms with E-state index in [1.807, 2.05) is 13.0 Å². The zero-order chi connectivity index (χ0) is 13.9. The molecule has 0 aliphatic heterocycles. The van der Waals surface area contributed by atoms with Gasteiger partial charge in [-0.15, -0.1) is 11.3 Å². The Morgan fingerprint density at radius 2 is 2.26 bits per heavy atom. The third-order valence-electron chi connectivity index (χ3n) is 2.36. The lowest BCUT2D eigenvalue weighted by Gasteiger charge is -2.05. The van der Waals surface area contributed by atoms with Crippen LogP contribution in [0.1, 0.15) is 15.4 Å². The van der Waals surface area contributed by atoms with E-state index in [-0.39, 0.29) is 11.4 Å². The lowest BCUT2D eigenvalue weighted by atomic mass is 10.2. The van der Waals surface area contributed by atoms with Crippen LogP contribution in [0.3, 0.4) is 0 Å². The average molecular weight is 293 g/mol. The van der Waals surface area contributed by atoms with Crippen LogP contribution in [0.5, 0.6) is 0 Å². The zero-order valence-corrected chi connectivity index (χ0v) is 11.8. The normalized spacial score (nSPS) is 11.2. The van der Waals surface area contributed by atoms with Crippen molar-refractivity contribution in [2.45, 2.75) is 18.4 Å². The molecule has 5 nitrogen and oxygen atoms in total. The van der Waals surface area contributed by atoms with Crippen LogP contribution in [0.15, 0.2) is 35.4 Å². The minimum atomic E-state index is -3.62. The first-order chi connectivity index (χ1) is 9.01. The molecule has 19 heavy (non-hydrogen) atoms. The van der Waals surface area contributed by atoms with Gasteiger partial charge in [-0.25, -0.2) is 18.1 Å². The molecule has 0 spiro atoms. The predicted octanol–water partition coefficient (Wildman–Crippen LogP) is 1.80. The summed E-state index contributed by atoms with van der Waals surface area (Å²) in [6, 6.07) is 7.81. The van der Waals surface area contributed by atoms with Gasteiger partial charge < -0.3 is 0 Å². The van der Waals surface area contributed by atoms with Crippen LogP contribution in [0, 0.1) is 18.3 Å². The van der Waals surface area contributed by atoms with Gasteiger partial charge in [0.15, 0.2) is 0 Å². The van der Waals surface area contributed by atoms with Gasteiger partial charge in [-0.1, -0.05) is 6.07 Å². The number of nitriles is 1. The SMILES string of the molecule is Cc1cnc(CNS(=O)(=O)c2cccc(C#N)c2)s1. The van der Waals surface area contributed by atoms with E-state index in [0.717, 1.165) is 4.88 Å². The first-order valence-corrected chi connectivity index (χ1v) is 7.72. The number of sulfonamides is 1. The number of hydrogen-bond donors (Lipinski definition) is 1. The first kappa shape index (κ1) is 13.7. The van der Waals surface area contributed by atoms with Crippen molar-refractivity contribution in [1.29, 1.82) is 5.26 Å². The van der Waals surface area contributed by atoms with E-state index < -0.39 is 10.0 Å². The Morgan fingerprint density at radius 1 is 1.47 bits per heavy atom. The zero-order valence-electron chi connectivity index (χ0n) is 10.1. The van der Waals surface area contributed by atoms with Gasteiger partial charge in [0.1, 0.15) is 5.01 Å². The highest BCUT2D eigenvalue weighted by Crippen LogP contribution is 2.14. The molecule has 0 unspecified atom stereocenters. The second-order valence-electron chi connectivity index (χ2n) is 3.83. The summed E-state index contributed by atoms with van der Waals surface area (Å²) in [5.41, 5.74) is 0.313. The van der Waals surface area contributed by atoms with Crippen molar-refractivity contribution >= 4 is 21.4 Å². The van der Waals surface area contributed by atoms with Crippen molar-refractivity contribution in [2.75, 3.05) is 0 Å². The highest BCUT2D eigenvalue weighted by Gasteiger charge is 2.14. The van der Waals surface area contributed by atoms with E-state index in [2.05, 4.69) is 9.71 Å². The van der Waals surface area contributed by atoms with E-state index >= 15 is 0 Å². The number of hydrogen-bond acceptors (Lipinski definition) is 5. The van der Waals surface area contributed by atoms with E-state index in [1.165, 1.54) is 23.5 Å². The third kappa shape index (κ3) is 3.38. The molecule has 2 rings (SSSR count). The number of rotatable bonds is 4. The van der Waals surface area contributed by atoms with Crippen molar-refractivity contribution in [3.05, 3.63) is 45.9 Å². The number of nitrogens with zero attached hydrogens (tertiary/aromatic N) is 2. The second kappa shape index (κ2) is 5.48. The number of aromatic nitrogens is 1. The fourth-order valence-corrected chi connectivity index (χ4v) is 3.31. The minimum Gasteiger partial charge on any atom is -0.248 e. The Hall–Kier alpha value is -1.75. The van der Waals surface area contributed by atoms with E-state index in [9.17, 15) is 8.42 Å². The van der Waals surface area contributed by atoms with Crippen LogP contribution in [-0.4, -0.2) is 13.4 Å². The van der Waals surface area contributed by atoms with Crippen molar-refractivity contribution < 1.29 is 8.42 Å². The van der Waals surface area contributed by atoms with Gasteiger partial charge in [0.25, 0.3) is 0 Å². The molecule has 1 N–H and O–H groups in total. The maximum Gasteiger partial charge on any atom is 0.240 e. The summed E-state index contributed by atoms with van der Waals surface area (Å²) in [4.78, 5) is 5.20. The molecule has 0 aliphatic rings. The summed E-state index contributed by atoms with van der Waals surface area (Å²) >= 11 is 1.44. The smallest absolute Gasteiger partial charge is 0.240 e. The molecule has 7 heteroatoms. The Morgan fingerprint density at radius 3 is 2.89 bits per heavy atom. The summed E-state index contributed by atoms with van der Waals surface area (Å²) in [6.07, 6.45) is 1.70.